The maximum atomic E-state index is 12.6. The highest BCUT2D eigenvalue weighted by atomic mass is 32.2. The van der Waals surface area contributed by atoms with Gasteiger partial charge >= 0.3 is 5.97 Å². The molecule has 0 fully saturated rings. The summed E-state index contributed by atoms with van der Waals surface area (Å²) in [7, 11) is -1.38. The van der Waals surface area contributed by atoms with E-state index in [2.05, 4.69) is 0 Å². The topological polar surface area (TPSA) is 57.6 Å². The van der Waals surface area contributed by atoms with Gasteiger partial charge in [0.1, 0.15) is 0 Å². The summed E-state index contributed by atoms with van der Waals surface area (Å²) in [5.74, 6) is -1.01. The fraction of sp³-hybridized carbons (Fsp3) is 0.133. The maximum absolute atomic E-state index is 12.6. The number of hydrogen-bond acceptors (Lipinski definition) is 2. The molecule has 2 aromatic carbocycles. The standard InChI is InChI=1S/C15H13NO3S/c17-15(18)12-5-3-6-13(10-12)20(19)16-9-8-11-4-1-2-7-14(11)16/h1-7,10H,8-9H2,(H,17,18). The Labute approximate surface area is 119 Å². The number of carboxylic acid groups (broad SMARTS) is 1. The molecule has 0 aromatic heterocycles. The lowest BCUT2D eigenvalue weighted by Gasteiger charge is -2.18. The maximum Gasteiger partial charge on any atom is 0.335 e. The number of fused-ring (bicyclic) bond motifs is 1. The molecule has 0 spiro atoms. The van der Waals surface area contributed by atoms with Gasteiger partial charge in [0, 0.05) is 6.54 Å². The molecule has 3 rings (SSSR count). The van der Waals surface area contributed by atoms with Gasteiger partial charge in [-0.05, 0) is 36.2 Å². The average Bonchev–Trinajstić information content (AvgIpc) is 2.90. The Balaban J connectivity index is 1.95. The lowest BCUT2D eigenvalue weighted by Crippen LogP contribution is -2.23. The van der Waals surface area contributed by atoms with Crippen LogP contribution in [0.2, 0.25) is 0 Å². The highest BCUT2D eigenvalue weighted by Gasteiger charge is 2.24. The van der Waals surface area contributed by atoms with Gasteiger partial charge in [0.2, 0.25) is 0 Å². The van der Waals surface area contributed by atoms with E-state index in [4.69, 9.17) is 5.11 Å². The quantitative estimate of drug-likeness (QED) is 0.943. The van der Waals surface area contributed by atoms with E-state index < -0.39 is 17.0 Å². The summed E-state index contributed by atoms with van der Waals surface area (Å²) in [4.78, 5) is 11.5. The fourth-order valence-corrected chi connectivity index (χ4v) is 3.64. The second kappa shape index (κ2) is 5.09. The van der Waals surface area contributed by atoms with Gasteiger partial charge in [-0.2, -0.15) is 0 Å². The molecular formula is C15H13NO3S. The minimum atomic E-state index is -1.38. The minimum Gasteiger partial charge on any atom is -0.478 e. The van der Waals surface area contributed by atoms with E-state index >= 15 is 0 Å². The van der Waals surface area contributed by atoms with Crippen LogP contribution in [-0.2, 0) is 17.4 Å². The van der Waals surface area contributed by atoms with Crippen molar-refractivity contribution in [3.63, 3.8) is 0 Å². The highest BCUT2D eigenvalue weighted by Crippen LogP contribution is 2.30. The third kappa shape index (κ3) is 2.20. The van der Waals surface area contributed by atoms with Crippen LogP contribution in [0, 0.1) is 0 Å². The first-order chi connectivity index (χ1) is 9.66. The van der Waals surface area contributed by atoms with Crippen molar-refractivity contribution in [2.75, 3.05) is 10.8 Å². The van der Waals surface area contributed by atoms with Crippen molar-refractivity contribution in [2.24, 2.45) is 0 Å². The molecule has 20 heavy (non-hydrogen) atoms. The number of aromatic carboxylic acids is 1. The molecule has 0 aliphatic carbocycles. The molecule has 0 radical (unpaired) electrons. The SMILES string of the molecule is O=C(O)c1cccc(S(=O)N2CCc3ccccc32)c1. The van der Waals surface area contributed by atoms with Crippen LogP contribution in [0.15, 0.2) is 53.4 Å². The van der Waals surface area contributed by atoms with E-state index in [0.717, 1.165) is 12.1 Å². The predicted molar refractivity (Wildman–Crippen MR) is 77.3 cm³/mol. The molecule has 0 saturated heterocycles. The zero-order valence-electron chi connectivity index (χ0n) is 10.7. The average molecular weight is 287 g/mol. The molecule has 1 aliphatic rings. The summed E-state index contributed by atoms with van der Waals surface area (Å²) in [6.07, 6.45) is 0.862. The normalized spacial score (nSPS) is 14.9. The van der Waals surface area contributed by atoms with Crippen LogP contribution >= 0.6 is 0 Å². The molecule has 0 amide bonds. The second-order valence-corrected chi connectivity index (χ2v) is 5.97. The zero-order chi connectivity index (χ0) is 14.1. The van der Waals surface area contributed by atoms with Crippen LogP contribution in [0.3, 0.4) is 0 Å². The molecule has 1 aliphatic heterocycles. The zero-order valence-corrected chi connectivity index (χ0v) is 11.5. The molecule has 1 atom stereocenters. The van der Waals surface area contributed by atoms with Crippen LogP contribution < -0.4 is 4.31 Å². The van der Waals surface area contributed by atoms with E-state index in [9.17, 15) is 9.00 Å². The number of nitrogens with zero attached hydrogens (tertiary/aromatic N) is 1. The number of carboxylic acids is 1. The van der Waals surface area contributed by atoms with Gasteiger partial charge in [-0.15, -0.1) is 0 Å². The molecule has 0 bridgehead atoms. The first kappa shape index (κ1) is 12.9. The van der Waals surface area contributed by atoms with E-state index in [1.807, 2.05) is 28.6 Å². The molecule has 0 saturated carbocycles. The van der Waals surface area contributed by atoms with Crippen molar-refractivity contribution in [3.8, 4) is 0 Å². The number of rotatable bonds is 3. The number of hydrogen-bond donors (Lipinski definition) is 1. The van der Waals surface area contributed by atoms with Gasteiger partial charge in [0.05, 0.1) is 16.1 Å². The van der Waals surface area contributed by atoms with E-state index in [-0.39, 0.29) is 5.56 Å². The Morgan fingerprint density at radius 3 is 2.75 bits per heavy atom. The van der Waals surface area contributed by atoms with Crippen molar-refractivity contribution in [3.05, 3.63) is 59.7 Å². The first-order valence-electron chi connectivity index (χ1n) is 6.27. The second-order valence-electron chi connectivity index (χ2n) is 4.56. The lowest BCUT2D eigenvalue weighted by molar-refractivity contribution is 0.0696. The van der Waals surface area contributed by atoms with E-state index in [0.29, 0.717) is 11.4 Å². The molecule has 2 aromatic rings. The fourth-order valence-electron chi connectivity index (χ4n) is 2.35. The minimum absolute atomic E-state index is 0.156. The summed E-state index contributed by atoms with van der Waals surface area (Å²) in [6, 6.07) is 14.2. The van der Waals surface area contributed by atoms with Crippen molar-refractivity contribution in [1.82, 2.24) is 0 Å². The van der Waals surface area contributed by atoms with E-state index in [1.165, 1.54) is 17.7 Å². The Bertz CT molecular complexity index is 699. The molecule has 1 heterocycles. The highest BCUT2D eigenvalue weighted by molar-refractivity contribution is 7.86. The Morgan fingerprint density at radius 1 is 1.15 bits per heavy atom. The largest absolute Gasteiger partial charge is 0.478 e. The summed E-state index contributed by atoms with van der Waals surface area (Å²) in [5, 5.41) is 9.00. The third-order valence-corrected chi connectivity index (χ3v) is 4.76. The Morgan fingerprint density at radius 2 is 1.95 bits per heavy atom. The predicted octanol–water partition coefficient (Wildman–Crippen LogP) is 2.47. The van der Waals surface area contributed by atoms with Gasteiger partial charge in [-0.3, -0.25) is 4.31 Å². The number of benzene rings is 2. The van der Waals surface area contributed by atoms with Crippen LogP contribution in [0.1, 0.15) is 15.9 Å². The summed E-state index contributed by atoms with van der Waals surface area (Å²) >= 11 is 0. The van der Waals surface area contributed by atoms with Gasteiger partial charge < -0.3 is 5.11 Å². The smallest absolute Gasteiger partial charge is 0.335 e. The molecule has 4 nitrogen and oxygen atoms in total. The van der Waals surface area contributed by atoms with Crippen molar-refractivity contribution in [1.29, 1.82) is 0 Å². The van der Waals surface area contributed by atoms with Gasteiger partial charge in [0.25, 0.3) is 0 Å². The van der Waals surface area contributed by atoms with Crippen LogP contribution in [-0.4, -0.2) is 21.8 Å². The molecule has 102 valence electrons. The monoisotopic (exact) mass is 287 g/mol. The lowest BCUT2D eigenvalue weighted by atomic mass is 10.2. The van der Waals surface area contributed by atoms with Gasteiger partial charge in [-0.1, -0.05) is 24.3 Å². The molecular weight excluding hydrogens is 274 g/mol. The van der Waals surface area contributed by atoms with Crippen molar-refractivity contribution >= 4 is 22.6 Å². The van der Waals surface area contributed by atoms with Gasteiger partial charge in [-0.25, -0.2) is 9.00 Å². The van der Waals surface area contributed by atoms with Crippen molar-refractivity contribution < 1.29 is 14.1 Å². The summed E-state index contributed by atoms with van der Waals surface area (Å²) in [6.45, 7) is 0.684. The number of carbonyl (C=O) groups is 1. The van der Waals surface area contributed by atoms with Crippen LogP contribution in [0.25, 0.3) is 0 Å². The molecule has 5 heteroatoms. The third-order valence-electron chi connectivity index (χ3n) is 3.33. The summed E-state index contributed by atoms with van der Waals surface area (Å²) in [5.41, 5.74) is 2.30. The van der Waals surface area contributed by atoms with Crippen LogP contribution in [0.4, 0.5) is 5.69 Å². The number of para-hydroxylation sites is 1. The Hall–Kier alpha value is -2.14. The van der Waals surface area contributed by atoms with E-state index in [1.54, 1.807) is 12.1 Å². The Kier molecular flexibility index (Phi) is 3.28. The summed E-state index contributed by atoms with van der Waals surface area (Å²) < 4.78 is 14.4. The number of anilines is 1. The molecule has 1 unspecified atom stereocenters. The van der Waals surface area contributed by atoms with Crippen LogP contribution in [0.5, 0.6) is 0 Å². The molecule has 1 N–H and O–H groups in total. The van der Waals surface area contributed by atoms with Gasteiger partial charge in [0.15, 0.2) is 11.0 Å². The first-order valence-corrected chi connectivity index (χ1v) is 7.38. The van der Waals surface area contributed by atoms with Crippen molar-refractivity contribution in [2.45, 2.75) is 11.3 Å².